The van der Waals surface area contributed by atoms with Crippen molar-refractivity contribution in [2.75, 3.05) is 12.4 Å². The van der Waals surface area contributed by atoms with Crippen LogP contribution in [0.1, 0.15) is 23.1 Å². The Kier molecular flexibility index (Phi) is 4.61. The predicted octanol–water partition coefficient (Wildman–Crippen LogP) is 1.54. The number of aryl methyl sites for hydroxylation is 1. The number of esters is 1. The van der Waals surface area contributed by atoms with Gasteiger partial charge >= 0.3 is 5.97 Å². The van der Waals surface area contributed by atoms with Gasteiger partial charge in [0.2, 0.25) is 5.16 Å². The van der Waals surface area contributed by atoms with E-state index in [9.17, 15) is 14.9 Å². The fourth-order valence-electron chi connectivity index (χ4n) is 1.61. The molecule has 1 heterocycles. The number of rotatable bonds is 5. The molecule has 1 aromatic heterocycles. The maximum atomic E-state index is 12.0. The number of hydrogen-bond donors (Lipinski definition) is 1. The van der Waals surface area contributed by atoms with E-state index in [0.29, 0.717) is 15.9 Å². The SMILES string of the molecule is CCOC(=O)c1cc([N+](=O)[O-])ccc1Sc1nnc(C)n1N. The van der Waals surface area contributed by atoms with Crippen molar-refractivity contribution in [1.29, 1.82) is 0 Å². The monoisotopic (exact) mass is 323 g/mol. The van der Waals surface area contributed by atoms with Crippen LogP contribution in [0, 0.1) is 17.0 Å². The van der Waals surface area contributed by atoms with Crippen LogP contribution < -0.4 is 5.84 Å². The molecule has 0 saturated carbocycles. The summed E-state index contributed by atoms with van der Waals surface area (Å²) in [5, 5.41) is 18.9. The van der Waals surface area contributed by atoms with E-state index in [1.807, 2.05) is 0 Å². The second kappa shape index (κ2) is 6.43. The molecule has 1 aromatic carbocycles. The Morgan fingerprint density at radius 2 is 2.23 bits per heavy atom. The Balaban J connectivity index is 2.43. The third-order valence-electron chi connectivity index (χ3n) is 2.71. The van der Waals surface area contributed by atoms with Crippen molar-refractivity contribution in [2.24, 2.45) is 0 Å². The predicted molar refractivity (Wildman–Crippen MR) is 78.1 cm³/mol. The summed E-state index contributed by atoms with van der Waals surface area (Å²) < 4.78 is 6.19. The molecule has 0 aliphatic heterocycles. The maximum Gasteiger partial charge on any atom is 0.339 e. The molecule has 0 aliphatic carbocycles. The number of nitro benzene ring substituents is 1. The van der Waals surface area contributed by atoms with E-state index in [4.69, 9.17) is 10.6 Å². The average molecular weight is 323 g/mol. The standard InChI is InChI=1S/C12H13N5O4S/c1-3-21-11(18)9-6-8(17(19)20)4-5-10(9)22-12-15-14-7(2)16(12)13/h4-6H,3,13H2,1-2H3. The van der Waals surface area contributed by atoms with E-state index in [-0.39, 0.29) is 17.9 Å². The lowest BCUT2D eigenvalue weighted by atomic mass is 10.2. The number of carbonyl (C=O) groups is 1. The second-order valence-electron chi connectivity index (χ2n) is 4.16. The quantitative estimate of drug-likeness (QED) is 0.380. The molecule has 9 nitrogen and oxygen atoms in total. The number of nitrogens with two attached hydrogens (primary N) is 1. The average Bonchev–Trinajstić information content (AvgIpc) is 2.79. The van der Waals surface area contributed by atoms with Crippen LogP contribution in [0.15, 0.2) is 28.3 Å². The van der Waals surface area contributed by atoms with Crippen molar-refractivity contribution < 1.29 is 14.5 Å². The van der Waals surface area contributed by atoms with Gasteiger partial charge < -0.3 is 10.6 Å². The van der Waals surface area contributed by atoms with Gasteiger partial charge in [0.25, 0.3) is 5.69 Å². The van der Waals surface area contributed by atoms with E-state index in [2.05, 4.69) is 10.2 Å². The number of nitrogen functional groups attached to an aromatic ring is 1. The smallest absolute Gasteiger partial charge is 0.339 e. The van der Waals surface area contributed by atoms with Gasteiger partial charge in [0.05, 0.1) is 17.1 Å². The molecular formula is C12H13N5O4S. The van der Waals surface area contributed by atoms with Gasteiger partial charge in [-0.05, 0) is 31.7 Å². The van der Waals surface area contributed by atoms with Crippen LogP contribution in [0.3, 0.4) is 0 Å². The fraction of sp³-hybridized carbons (Fsp3) is 0.250. The van der Waals surface area contributed by atoms with E-state index in [1.165, 1.54) is 22.9 Å². The molecule has 10 heteroatoms. The van der Waals surface area contributed by atoms with Crippen molar-refractivity contribution >= 4 is 23.4 Å². The summed E-state index contributed by atoms with van der Waals surface area (Å²) >= 11 is 1.08. The van der Waals surface area contributed by atoms with Gasteiger partial charge in [-0.3, -0.25) is 10.1 Å². The largest absolute Gasteiger partial charge is 0.462 e. The van der Waals surface area contributed by atoms with E-state index < -0.39 is 10.9 Å². The zero-order chi connectivity index (χ0) is 16.3. The normalized spacial score (nSPS) is 10.5. The van der Waals surface area contributed by atoms with Crippen LogP contribution >= 0.6 is 11.8 Å². The number of hydrogen-bond acceptors (Lipinski definition) is 8. The summed E-state index contributed by atoms with van der Waals surface area (Å²) in [4.78, 5) is 22.7. The molecule has 0 saturated heterocycles. The number of carbonyl (C=O) groups excluding carboxylic acids is 1. The van der Waals surface area contributed by atoms with Gasteiger partial charge in [0, 0.05) is 17.0 Å². The van der Waals surface area contributed by atoms with Gasteiger partial charge in [0.1, 0.15) is 5.82 Å². The van der Waals surface area contributed by atoms with Crippen LogP contribution in [-0.2, 0) is 4.74 Å². The van der Waals surface area contributed by atoms with E-state index in [1.54, 1.807) is 13.8 Å². The Bertz CT molecular complexity index is 730. The maximum absolute atomic E-state index is 12.0. The van der Waals surface area contributed by atoms with Crippen molar-refractivity contribution in [3.05, 3.63) is 39.7 Å². The Hall–Kier alpha value is -2.62. The molecule has 0 amide bonds. The first-order valence-electron chi connectivity index (χ1n) is 6.24. The highest BCUT2D eigenvalue weighted by Crippen LogP contribution is 2.31. The Morgan fingerprint density at radius 3 is 2.77 bits per heavy atom. The van der Waals surface area contributed by atoms with E-state index >= 15 is 0 Å². The van der Waals surface area contributed by atoms with Gasteiger partial charge in [-0.1, -0.05) is 0 Å². The molecule has 2 aromatic rings. The summed E-state index contributed by atoms with van der Waals surface area (Å²) in [6, 6.07) is 3.93. The number of non-ortho nitro benzene ring substituents is 1. The number of benzene rings is 1. The molecule has 2 rings (SSSR count). The lowest BCUT2D eigenvalue weighted by Gasteiger charge is -2.08. The summed E-state index contributed by atoms with van der Waals surface area (Å²) in [5.74, 6) is 5.62. The van der Waals surface area contributed by atoms with Crippen molar-refractivity contribution in [1.82, 2.24) is 14.9 Å². The highest BCUT2D eigenvalue weighted by molar-refractivity contribution is 7.99. The number of aromatic nitrogens is 3. The van der Waals surface area contributed by atoms with Crippen LogP contribution in [0.4, 0.5) is 5.69 Å². The molecule has 116 valence electrons. The lowest BCUT2D eigenvalue weighted by molar-refractivity contribution is -0.384. The number of ether oxygens (including phenoxy) is 1. The third kappa shape index (κ3) is 3.17. The summed E-state index contributed by atoms with van der Waals surface area (Å²) in [6.07, 6.45) is 0. The van der Waals surface area contributed by atoms with Crippen molar-refractivity contribution in [3.8, 4) is 0 Å². The first kappa shape index (κ1) is 15.8. The van der Waals surface area contributed by atoms with Crippen molar-refractivity contribution in [3.63, 3.8) is 0 Å². The highest BCUT2D eigenvalue weighted by atomic mass is 32.2. The summed E-state index contributed by atoms with van der Waals surface area (Å²) in [6.45, 7) is 3.50. The fourth-order valence-corrected chi connectivity index (χ4v) is 2.50. The topological polar surface area (TPSA) is 126 Å². The zero-order valence-electron chi connectivity index (χ0n) is 11.8. The number of nitro groups is 1. The molecule has 0 radical (unpaired) electrons. The van der Waals surface area contributed by atoms with Gasteiger partial charge in [-0.25, -0.2) is 9.47 Å². The molecule has 0 aliphatic rings. The van der Waals surface area contributed by atoms with Crippen LogP contribution in [-0.4, -0.2) is 32.4 Å². The minimum absolute atomic E-state index is 0.0849. The van der Waals surface area contributed by atoms with Gasteiger partial charge in [-0.2, -0.15) is 0 Å². The minimum Gasteiger partial charge on any atom is -0.462 e. The van der Waals surface area contributed by atoms with Gasteiger partial charge in [-0.15, -0.1) is 10.2 Å². The van der Waals surface area contributed by atoms with Gasteiger partial charge in [0.15, 0.2) is 0 Å². The zero-order valence-corrected chi connectivity index (χ0v) is 12.7. The molecule has 0 atom stereocenters. The summed E-state index contributed by atoms with van der Waals surface area (Å²) in [5.41, 5.74) is -0.112. The molecule has 0 unspecified atom stereocenters. The minimum atomic E-state index is -0.645. The molecule has 2 N–H and O–H groups in total. The Morgan fingerprint density at radius 1 is 1.50 bits per heavy atom. The number of nitrogens with zero attached hydrogens (tertiary/aromatic N) is 4. The molecule has 0 fully saturated rings. The summed E-state index contributed by atoms with van der Waals surface area (Å²) in [7, 11) is 0. The lowest BCUT2D eigenvalue weighted by Crippen LogP contribution is -2.12. The first-order valence-corrected chi connectivity index (χ1v) is 7.06. The third-order valence-corrected chi connectivity index (χ3v) is 3.74. The van der Waals surface area contributed by atoms with Crippen LogP contribution in [0.5, 0.6) is 0 Å². The molecule has 0 spiro atoms. The molecule has 22 heavy (non-hydrogen) atoms. The molecule has 0 bridgehead atoms. The van der Waals surface area contributed by atoms with Crippen molar-refractivity contribution in [2.45, 2.75) is 23.9 Å². The van der Waals surface area contributed by atoms with E-state index in [0.717, 1.165) is 11.8 Å². The second-order valence-corrected chi connectivity index (χ2v) is 5.17. The Labute approximate surface area is 129 Å². The highest BCUT2D eigenvalue weighted by Gasteiger charge is 2.20. The first-order chi connectivity index (χ1) is 10.4. The van der Waals surface area contributed by atoms with Crippen LogP contribution in [0.25, 0.3) is 0 Å². The van der Waals surface area contributed by atoms with Crippen LogP contribution in [0.2, 0.25) is 0 Å². The molecular weight excluding hydrogens is 310 g/mol.